The number of hydrogen-bond acceptors (Lipinski definition) is 2. The number of amides is 1. The van der Waals surface area contributed by atoms with Crippen LogP contribution in [0.1, 0.15) is 19.4 Å². The van der Waals surface area contributed by atoms with Crippen LogP contribution < -0.4 is 10.6 Å². The fourth-order valence-corrected chi connectivity index (χ4v) is 1.44. The van der Waals surface area contributed by atoms with Crippen LogP contribution in [0.15, 0.2) is 18.2 Å². The standard InChI is InChI=1S/C12H14F4N2O/c1-3-17-11(19)7(2)18-10-6-8(12(14,15)16)4-5-9(10)13/h4-7,18H,3H2,1-2H3,(H,17,19). The first-order chi connectivity index (χ1) is 8.75. The van der Waals surface area contributed by atoms with Gasteiger partial charge in [-0.25, -0.2) is 4.39 Å². The summed E-state index contributed by atoms with van der Waals surface area (Å²) in [5.41, 5.74) is -1.33. The summed E-state index contributed by atoms with van der Waals surface area (Å²) in [5, 5.41) is 4.90. The van der Waals surface area contributed by atoms with E-state index in [0.29, 0.717) is 18.7 Å². The Bertz CT molecular complexity index is 460. The molecule has 0 saturated carbocycles. The zero-order chi connectivity index (χ0) is 14.6. The number of carbonyl (C=O) groups excluding carboxylic acids is 1. The van der Waals surface area contributed by atoms with Gasteiger partial charge in [0.15, 0.2) is 0 Å². The first-order valence-electron chi connectivity index (χ1n) is 5.66. The second kappa shape index (κ2) is 5.90. The average molecular weight is 278 g/mol. The molecule has 0 aromatic heterocycles. The van der Waals surface area contributed by atoms with E-state index < -0.39 is 29.5 Å². The molecular weight excluding hydrogens is 264 g/mol. The van der Waals surface area contributed by atoms with Gasteiger partial charge in [0.2, 0.25) is 5.91 Å². The number of hydrogen-bond donors (Lipinski definition) is 2. The Morgan fingerprint density at radius 1 is 1.37 bits per heavy atom. The molecule has 0 aliphatic heterocycles. The van der Waals surface area contributed by atoms with E-state index in [1.165, 1.54) is 6.92 Å². The number of rotatable bonds is 4. The normalized spacial score (nSPS) is 12.9. The van der Waals surface area contributed by atoms with Crippen molar-refractivity contribution in [3.63, 3.8) is 0 Å². The molecule has 0 heterocycles. The van der Waals surface area contributed by atoms with Crippen molar-refractivity contribution in [3.8, 4) is 0 Å². The lowest BCUT2D eigenvalue weighted by Crippen LogP contribution is -2.37. The summed E-state index contributed by atoms with van der Waals surface area (Å²) in [4.78, 5) is 11.4. The molecule has 1 amide bonds. The summed E-state index contributed by atoms with van der Waals surface area (Å²) in [6.45, 7) is 3.52. The fourth-order valence-electron chi connectivity index (χ4n) is 1.44. The molecule has 0 fully saturated rings. The molecule has 0 radical (unpaired) electrons. The fraction of sp³-hybridized carbons (Fsp3) is 0.417. The van der Waals surface area contributed by atoms with Gasteiger partial charge in [-0.3, -0.25) is 4.79 Å². The highest BCUT2D eigenvalue weighted by atomic mass is 19.4. The highest BCUT2D eigenvalue weighted by molar-refractivity contribution is 5.84. The second-order valence-corrected chi connectivity index (χ2v) is 3.95. The van der Waals surface area contributed by atoms with Gasteiger partial charge in [0.05, 0.1) is 11.3 Å². The van der Waals surface area contributed by atoms with Gasteiger partial charge >= 0.3 is 6.18 Å². The van der Waals surface area contributed by atoms with Crippen LogP contribution in [0, 0.1) is 5.82 Å². The van der Waals surface area contributed by atoms with Crippen molar-refractivity contribution in [2.24, 2.45) is 0 Å². The molecule has 7 heteroatoms. The van der Waals surface area contributed by atoms with E-state index in [2.05, 4.69) is 10.6 Å². The van der Waals surface area contributed by atoms with E-state index in [1.54, 1.807) is 6.92 Å². The van der Waals surface area contributed by atoms with Crippen LogP contribution in [-0.4, -0.2) is 18.5 Å². The number of carbonyl (C=O) groups is 1. The summed E-state index contributed by atoms with van der Waals surface area (Å²) >= 11 is 0. The quantitative estimate of drug-likeness (QED) is 0.831. The number of anilines is 1. The van der Waals surface area contributed by atoms with Crippen molar-refractivity contribution in [2.45, 2.75) is 26.1 Å². The van der Waals surface area contributed by atoms with Gasteiger partial charge in [0.1, 0.15) is 11.9 Å². The van der Waals surface area contributed by atoms with E-state index in [1.807, 2.05) is 0 Å². The smallest absolute Gasteiger partial charge is 0.372 e. The van der Waals surface area contributed by atoms with E-state index in [-0.39, 0.29) is 5.69 Å². The third-order valence-electron chi connectivity index (χ3n) is 2.41. The van der Waals surface area contributed by atoms with Crippen LogP contribution in [0.3, 0.4) is 0 Å². The van der Waals surface area contributed by atoms with E-state index >= 15 is 0 Å². The van der Waals surface area contributed by atoms with Crippen molar-refractivity contribution in [3.05, 3.63) is 29.6 Å². The van der Waals surface area contributed by atoms with Gasteiger partial charge in [0.25, 0.3) is 0 Å². The zero-order valence-electron chi connectivity index (χ0n) is 10.4. The zero-order valence-corrected chi connectivity index (χ0v) is 10.4. The Morgan fingerprint density at radius 2 is 2.00 bits per heavy atom. The minimum absolute atomic E-state index is 0.353. The molecular formula is C12H14F4N2O. The molecule has 1 aromatic carbocycles. The van der Waals surface area contributed by atoms with Crippen molar-refractivity contribution in [1.29, 1.82) is 0 Å². The molecule has 106 valence electrons. The monoisotopic (exact) mass is 278 g/mol. The van der Waals surface area contributed by atoms with E-state index in [9.17, 15) is 22.4 Å². The Hall–Kier alpha value is -1.79. The van der Waals surface area contributed by atoms with Crippen molar-refractivity contribution in [1.82, 2.24) is 5.32 Å². The number of alkyl halides is 3. The van der Waals surface area contributed by atoms with E-state index in [0.717, 1.165) is 6.07 Å². The summed E-state index contributed by atoms with van der Waals surface area (Å²) in [6.07, 6.45) is -4.56. The highest BCUT2D eigenvalue weighted by Gasteiger charge is 2.31. The van der Waals surface area contributed by atoms with Gasteiger partial charge in [-0.1, -0.05) is 0 Å². The molecule has 19 heavy (non-hydrogen) atoms. The first-order valence-corrected chi connectivity index (χ1v) is 5.66. The summed E-state index contributed by atoms with van der Waals surface area (Å²) in [7, 11) is 0. The SMILES string of the molecule is CCNC(=O)C(C)Nc1cc(C(F)(F)F)ccc1F. The molecule has 2 N–H and O–H groups in total. The predicted octanol–water partition coefficient (Wildman–Crippen LogP) is 2.78. The lowest BCUT2D eigenvalue weighted by atomic mass is 10.1. The van der Waals surface area contributed by atoms with Crippen molar-refractivity contribution >= 4 is 11.6 Å². The molecule has 1 aromatic rings. The maximum Gasteiger partial charge on any atom is 0.416 e. The Kier molecular flexibility index (Phi) is 4.74. The predicted molar refractivity (Wildman–Crippen MR) is 63.2 cm³/mol. The minimum atomic E-state index is -4.56. The molecule has 0 aliphatic carbocycles. The lowest BCUT2D eigenvalue weighted by Gasteiger charge is -2.16. The molecule has 0 saturated heterocycles. The largest absolute Gasteiger partial charge is 0.416 e. The van der Waals surface area contributed by atoms with Crippen molar-refractivity contribution in [2.75, 3.05) is 11.9 Å². The molecule has 3 nitrogen and oxygen atoms in total. The third kappa shape index (κ3) is 4.11. The molecule has 0 bridgehead atoms. The summed E-state index contributed by atoms with van der Waals surface area (Å²) in [5.74, 6) is -1.26. The summed E-state index contributed by atoms with van der Waals surface area (Å²) < 4.78 is 50.9. The number of likely N-dealkylation sites (N-methyl/N-ethyl adjacent to an activating group) is 1. The topological polar surface area (TPSA) is 41.1 Å². The lowest BCUT2D eigenvalue weighted by molar-refractivity contribution is -0.137. The summed E-state index contributed by atoms with van der Waals surface area (Å²) in [6, 6.07) is 1.18. The van der Waals surface area contributed by atoms with E-state index in [4.69, 9.17) is 0 Å². The number of benzene rings is 1. The molecule has 1 rings (SSSR count). The molecule has 1 atom stereocenters. The molecule has 0 aliphatic rings. The van der Waals surface area contributed by atoms with Crippen LogP contribution in [0.25, 0.3) is 0 Å². The van der Waals surface area contributed by atoms with Crippen LogP contribution in [0.2, 0.25) is 0 Å². The van der Waals surface area contributed by atoms with Gasteiger partial charge in [-0.2, -0.15) is 13.2 Å². The average Bonchev–Trinajstić information content (AvgIpc) is 2.30. The van der Waals surface area contributed by atoms with Crippen LogP contribution in [0.4, 0.5) is 23.2 Å². The van der Waals surface area contributed by atoms with Gasteiger partial charge < -0.3 is 10.6 Å². The maximum absolute atomic E-state index is 13.4. The molecule has 0 spiro atoms. The Balaban J connectivity index is 2.91. The van der Waals surface area contributed by atoms with Crippen LogP contribution in [-0.2, 0) is 11.0 Å². The van der Waals surface area contributed by atoms with Crippen LogP contribution >= 0.6 is 0 Å². The number of halogens is 4. The van der Waals surface area contributed by atoms with Crippen LogP contribution in [0.5, 0.6) is 0 Å². The van der Waals surface area contributed by atoms with Gasteiger partial charge in [-0.15, -0.1) is 0 Å². The van der Waals surface area contributed by atoms with Crippen molar-refractivity contribution < 1.29 is 22.4 Å². The first kappa shape index (κ1) is 15.3. The highest BCUT2D eigenvalue weighted by Crippen LogP contribution is 2.31. The minimum Gasteiger partial charge on any atom is -0.372 e. The number of nitrogens with one attached hydrogen (secondary N) is 2. The third-order valence-corrected chi connectivity index (χ3v) is 2.41. The maximum atomic E-state index is 13.4. The Labute approximate surface area is 108 Å². The van der Waals surface area contributed by atoms with Gasteiger partial charge in [-0.05, 0) is 32.0 Å². The second-order valence-electron chi connectivity index (χ2n) is 3.95. The Morgan fingerprint density at radius 3 is 2.53 bits per heavy atom. The molecule has 1 unspecified atom stereocenters. The van der Waals surface area contributed by atoms with Gasteiger partial charge in [0, 0.05) is 6.54 Å².